The number of hydrogen-bond acceptors (Lipinski definition) is 3. The summed E-state index contributed by atoms with van der Waals surface area (Å²) < 4.78 is 0. The normalized spacial score (nSPS) is 30.3. The van der Waals surface area contributed by atoms with Gasteiger partial charge in [-0.1, -0.05) is 30.7 Å². The number of para-hydroxylation sites is 1. The van der Waals surface area contributed by atoms with Crippen molar-refractivity contribution < 1.29 is 0 Å². The zero-order chi connectivity index (χ0) is 12.8. The maximum absolute atomic E-state index is 5.86. The van der Waals surface area contributed by atoms with Crippen molar-refractivity contribution >= 4 is 10.9 Å². The van der Waals surface area contributed by atoms with Gasteiger partial charge >= 0.3 is 0 Å². The van der Waals surface area contributed by atoms with E-state index < -0.39 is 0 Å². The van der Waals surface area contributed by atoms with Crippen molar-refractivity contribution in [3.8, 4) is 0 Å². The smallest absolute Gasteiger partial charge is 0.0750 e. The summed E-state index contributed by atoms with van der Waals surface area (Å²) in [6, 6.07) is 10.8. The third-order valence-electron chi connectivity index (χ3n) is 5.04. The van der Waals surface area contributed by atoms with Crippen LogP contribution in [0.2, 0.25) is 0 Å². The van der Waals surface area contributed by atoms with Crippen molar-refractivity contribution in [1.82, 2.24) is 10.4 Å². The van der Waals surface area contributed by atoms with Crippen LogP contribution in [0.4, 0.5) is 0 Å². The topological polar surface area (TPSA) is 50.9 Å². The minimum Gasteiger partial charge on any atom is -0.271 e. The minimum atomic E-state index is 0.258. The molecular formula is C16H19N3. The highest BCUT2D eigenvalue weighted by molar-refractivity contribution is 5.82. The van der Waals surface area contributed by atoms with Gasteiger partial charge in [-0.3, -0.25) is 16.3 Å². The summed E-state index contributed by atoms with van der Waals surface area (Å²) in [5, 5.41) is 1.20. The zero-order valence-electron chi connectivity index (χ0n) is 10.9. The van der Waals surface area contributed by atoms with Crippen LogP contribution in [-0.2, 0) is 0 Å². The molecule has 0 bridgehead atoms. The quantitative estimate of drug-likeness (QED) is 0.653. The molecule has 3 heteroatoms. The first-order valence-electron chi connectivity index (χ1n) is 7.20. The average molecular weight is 253 g/mol. The maximum Gasteiger partial charge on any atom is 0.0750 e. The number of nitrogens with two attached hydrogens (primary N) is 1. The Balaban J connectivity index is 1.76. The number of hydrogen-bond donors (Lipinski definition) is 2. The van der Waals surface area contributed by atoms with Crippen LogP contribution in [0, 0.1) is 17.8 Å². The van der Waals surface area contributed by atoms with E-state index in [0.29, 0.717) is 5.92 Å². The highest BCUT2D eigenvalue weighted by Crippen LogP contribution is 2.62. The Hall–Kier alpha value is -1.45. The van der Waals surface area contributed by atoms with Crippen LogP contribution < -0.4 is 11.3 Å². The predicted octanol–water partition coefficient (Wildman–Crippen LogP) is 2.79. The Morgan fingerprint density at radius 1 is 1.16 bits per heavy atom. The van der Waals surface area contributed by atoms with Gasteiger partial charge < -0.3 is 0 Å². The summed E-state index contributed by atoms with van der Waals surface area (Å²) in [5.41, 5.74) is 5.42. The second kappa shape index (κ2) is 4.29. The fraction of sp³-hybridized carbons (Fsp3) is 0.438. The summed E-state index contributed by atoms with van der Waals surface area (Å²) in [7, 11) is 0. The van der Waals surface area contributed by atoms with E-state index in [2.05, 4.69) is 34.7 Å². The van der Waals surface area contributed by atoms with Crippen LogP contribution in [0.3, 0.4) is 0 Å². The van der Waals surface area contributed by atoms with E-state index in [1.165, 1.54) is 30.2 Å². The van der Waals surface area contributed by atoms with Gasteiger partial charge in [-0.05, 0) is 42.2 Å². The molecule has 3 atom stereocenters. The number of pyridine rings is 1. The van der Waals surface area contributed by atoms with Gasteiger partial charge in [0.15, 0.2) is 0 Å². The van der Waals surface area contributed by atoms with Gasteiger partial charge in [-0.25, -0.2) is 0 Å². The SMILES string of the molecule is NNC(c1cccc2cccnc12)C1C2CCCC21. The van der Waals surface area contributed by atoms with Crippen LogP contribution in [-0.4, -0.2) is 4.98 Å². The van der Waals surface area contributed by atoms with E-state index in [4.69, 9.17) is 5.84 Å². The van der Waals surface area contributed by atoms with E-state index in [0.717, 1.165) is 17.4 Å². The van der Waals surface area contributed by atoms with Gasteiger partial charge in [0.05, 0.1) is 11.6 Å². The summed E-state index contributed by atoms with van der Waals surface area (Å²) in [4.78, 5) is 4.56. The monoisotopic (exact) mass is 253 g/mol. The molecule has 0 saturated heterocycles. The molecule has 2 aliphatic rings. The molecule has 2 saturated carbocycles. The van der Waals surface area contributed by atoms with Crippen LogP contribution in [0.5, 0.6) is 0 Å². The molecule has 3 N–H and O–H groups in total. The van der Waals surface area contributed by atoms with Gasteiger partial charge in [0.1, 0.15) is 0 Å². The van der Waals surface area contributed by atoms with Gasteiger partial charge in [0.2, 0.25) is 0 Å². The van der Waals surface area contributed by atoms with Crippen molar-refractivity contribution in [2.24, 2.45) is 23.6 Å². The second-order valence-electron chi connectivity index (χ2n) is 5.90. The van der Waals surface area contributed by atoms with Crippen LogP contribution >= 0.6 is 0 Å². The number of rotatable bonds is 3. The van der Waals surface area contributed by atoms with E-state index in [-0.39, 0.29) is 6.04 Å². The molecule has 0 aliphatic heterocycles. The number of aromatic nitrogens is 1. The van der Waals surface area contributed by atoms with Crippen molar-refractivity contribution in [1.29, 1.82) is 0 Å². The molecule has 2 aromatic rings. The molecule has 1 aromatic heterocycles. The summed E-state index contributed by atoms with van der Waals surface area (Å²) in [6.07, 6.45) is 6.03. The molecule has 2 aliphatic carbocycles. The summed E-state index contributed by atoms with van der Waals surface area (Å²) >= 11 is 0. The first-order valence-corrected chi connectivity index (χ1v) is 7.20. The first kappa shape index (κ1) is 11.4. The Morgan fingerprint density at radius 3 is 2.74 bits per heavy atom. The number of benzene rings is 1. The zero-order valence-corrected chi connectivity index (χ0v) is 10.9. The molecule has 0 radical (unpaired) electrons. The van der Waals surface area contributed by atoms with Crippen molar-refractivity contribution in [3.63, 3.8) is 0 Å². The maximum atomic E-state index is 5.86. The number of nitrogens with zero attached hydrogens (tertiary/aromatic N) is 1. The number of nitrogens with one attached hydrogen (secondary N) is 1. The van der Waals surface area contributed by atoms with Crippen LogP contribution in [0.25, 0.3) is 10.9 Å². The lowest BCUT2D eigenvalue weighted by atomic mass is 9.95. The molecule has 4 rings (SSSR count). The van der Waals surface area contributed by atoms with Gasteiger partial charge in [-0.15, -0.1) is 0 Å². The summed E-state index contributed by atoms with van der Waals surface area (Å²) in [5.74, 6) is 8.35. The molecule has 3 nitrogen and oxygen atoms in total. The van der Waals surface area contributed by atoms with Crippen LogP contribution in [0.15, 0.2) is 36.5 Å². The Kier molecular flexibility index (Phi) is 2.57. The van der Waals surface area contributed by atoms with Crippen molar-refractivity contribution in [3.05, 3.63) is 42.1 Å². The van der Waals surface area contributed by atoms with Crippen molar-refractivity contribution in [2.45, 2.75) is 25.3 Å². The highest BCUT2D eigenvalue weighted by Gasteiger charge is 2.56. The first-order chi connectivity index (χ1) is 9.40. The van der Waals surface area contributed by atoms with E-state index in [1.54, 1.807) is 0 Å². The molecule has 1 heterocycles. The number of hydrazine groups is 1. The van der Waals surface area contributed by atoms with Crippen molar-refractivity contribution in [2.75, 3.05) is 0 Å². The average Bonchev–Trinajstić information content (AvgIpc) is 2.93. The van der Waals surface area contributed by atoms with E-state index in [1.807, 2.05) is 12.3 Å². The lowest BCUT2D eigenvalue weighted by Crippen LogP contribution is -2.31. The number of fused-ring (bicyclic) bond motifs is 2. The third kappa shape index (κ3) is 1.69. The largest absolute Gasteiger partial charge is 0.271 e. The third-order valence-corrected chi connectivity index (χ3v) is 5.04. The molecule has 1 aromatic carbocycles. The molecule has 3 unspecified atom stereocenters. The molecule has 0 amide bonds. The Labute approximate surface area is 113 Å². The fourth-order valence-corrected chi connectivity index (χ4v) is 4.16. The van der Waals surface area contributed by atoms with Gasteiger partial charge in [0, 0.05) is 11.6 Å². The highest BCUT2D eigenvalue weighted by atomic mass is 15.2. The Morgan fingerprint density at radius 2 is 1.95 bits per heavy atom. The van der Waals surface area contributed by atoms with Crippen LogP contribution in [0.1, 0.15) is 30.9 Å². The summed E-state index contributed by atoms with van der Waals surface area (Å²) in [6.45, 7) is 0. The van der Waals surface area contributed by atoms with E-state index in [9.17, 15) is 0 Å². The molecule has 19 heavy (non-hydrogen) atoms. The molecule has 2 fully saturated rings. The lowest BCUT2D eigenvalue weighted by Gasteiger charge is -2.19. The minimum absolute atomic E-state index is 0.258. The predicted molar refractivity (Wildman–Crippen MR) is 76.1 cm³/mol. The molecule has 98 valence electrons. The second-order valence-corrected chi connectivity index (χ2v) is 5.90. The fourth-order valence-electron chi connectivity index (χ4n) is 4.16. The lowest BCUT2D eigenvalue weighted by molar-refractivity contribution is 0.427. The van der Waals surface area contributed by atoms with Gasteiger partial charge in [0.25, 0.3) is 0 Å². The molecule has 0 spiro atoms. The van der Waals surface area contributed by atoms with E-state index >= 15 is 0 Å². The standard InChI is InChI=1S/C16H19N3/c17-19-16(14-11-6-2-7-12(11)14)13-8-1-4-10-5-3-9-18-15(10)13/h1,3-5,8-9,11-12,14,16,19H,2,6-7,17H2. The van der Waals surface area contributed by atoms with Gasteiger partial charge in [-0.2, -0.15) is 0 Å². The Bertz CT molecular complexity index is 594. The molecular weight excluding hydrogens is 234 g/mol.